The van der Waals surface area contributed by atoms with Crippen LogP contribution in [-0.2, 0) is 15.0 Å². The first-order valence-corrected chi connectivity index (χ1v) is 5.51. The first-order chi connectivity index (χ1) is 5.76. The van der Waals surface area contributed by atoms with Gasteiger partial charge in [0.25, 0.3) is 0 Å². The minimum atomic E-state index is -4.59. The standard InChI is InChI=1S/C7H12FNO3S/c1-5-3-9-6(10)7(5,2)4-13(8,11)12/h5H,3-4H2,1-2H3,(H,9,10)/t5-,7-/m0/s1. The largest absolute Gasteiger partial charge is 0.355 e. The Morgan fingerprint density at radius 2 is 2.23 bits per heavy atom. The van der Waals surface area contributed by atoms with E-state index in [4.69, 9.17) is 0 Å². The Bertz CT molecular complexity index is 327. The lowest BCUT2D eigenvalue weighted by Gasteiger charge is -2.22. The van der Waals surface area contributed by atoms with E-state index >= 15 is 0 Å². The summed E-state index contributed by atoms with van der Waals surface area (Å²) in [6, 6.07) is 0. The molecule has 1 rings (SSSR count). The van der Waals surface area contributed by atoms with E-state index in [1.165, 1.54) is 6.92 Å². The van der Waals surface area contributed by atoms with Crippen molar-refractivity contribution in [2.45, 2.75) is 13.8 Å². The summed E-state index contributed by atoms with van der Waals surface area (Å²) in [5, 5.41) is 2.51. The zero-order chi connectivity index (χ0) is 10.3. The average molecular weight is 209 g/mol. The molecule has 4 nitrogen and oxygen atoms in total. The molecule has 0 aromatic carbocycles. The molecule has 1 fully saturated rings. The van der Waals surface area contributed by atoms with Crippen LogP contribution in [0.3, 0.4) is 0 Å². The molecule has 6 heteroatoms. The number of amides is 1. The van der Waals surface area contributed by atoms with Gasteiger partial charge in [0.1, 0.15) is 0 Å². The molecule has 1 saturated heterocycles. The summed E-state index contributed by atoms with van der Waals surface area (Å²) in [5.41, 5.74) is -1.12. The van der Waals surface area contributed by atoms with Crippen LogP contribution in [0.4, 0.5) is 3.89 Å². The lowest BCUT2D eigenvalue weighted by molar-refractivity contribution is -0.126. The lowest BCUT2D eigenvalue weighted by Crippen LogP contribution is -2.37. The summed E-state index contributed by atoms with van der Waals surface area (Å²) >= 11 is 0. The van der Waals surface area contributed by atoms with E-state index in [0.717, 1.165) is 0 Å². The predicted octanol–water partition coefficient (Wildman–Crippen LogP) is 0.0579. The minimum Gasteiger partial charge on any atom is -0.355 e. The van der Waals surface area contributed by atoms with Gasteiger partial charge >= 0.3 is 10.2 Å². The van der Waals surface area contributed by atoms with E-state index < -0.39 is 21.4 Å². The van der Waals surface area contributed by atoms with Crippen molar-refractivity contribution < 1.29 is 17.1 Å². The third-order valence-electron chi connectivity index (χ3n) is 2.65. The van der Waals surface area contributed by atoms with Crippen molar-refractivity contribution in [3.63, 3.8) is 0 Å². The molecule has 0 saturated carbocycles. The summed E-state index contributed by atoms with van der Waals surface area (Å²) in [6.45, 7) is 3.60. The van der Waals surface area contributed by atoms with Crippen molar-refractivity contribution in [1.29, 1.82) is 0 Å². The van der Waals surface area contributed by atoms with Gasteiger partial charge in [0, 0.05) is 6.54 Å². The topological polar surface area (TPSA) is 63.2 Å². The van der Waals surface area contributed by atoms with Gasteiger partial charge in [-0.2, -0.15) is 8.42 Å². The molecular formula is C7H12FNO3S. The third kappa shape index (κ3) is 1.99. The fourth-order valence-electron chi connectivity index (χ4n) is 1.46. The summed E-state index contributed by atoms with van der Waals surface area (Å²) < 4.78 is 33.3. The maximum atomic E-state index is 12.4. The molecule has 1 aliphatic rings. The SMILES string of the molecule is C[C@H]1CNC(=O)[C@@]1(C)CS(=O)(=O)F. The Labute approximate surface area is 76.7 Å². The highest BCUT2D eigenvalue weighted by molar-refractivity contribution is 7.86. The van der Waals surface area contributed by atoms with Crippen molar-refractivity contribution in [1.82, 2.24) is 5.32 Å². The second-order valence-electron chi connectivity index (χ2n) is 3.71. The van der Waals surface area contributed by atoms with Crippen LogP contribution in [0.2, 0.25) is 0 Å². The normalized spacial score (nSPS) is 34.7. The van der Waals surface area contributed by atoms with Crippen molar-refractivity contribution in [3.8, 4) is 0 Å². The predicted molar refractivity (Wildman–Crippen MR) is 45.2 cm³/mol. The maximum Gasteiger partial charge on any atom is 0.303 e. The van der Waals surface area contributed by atoms with E-state index in [0.29, 0.717) is 6.54 Å². The van der Waals surface area contributed by atoms with Crippen LogP contribution in [0.5, 0.6) is 0 Å². The molecule has 0 radical (unpaired) electrons. The van der Waals surface area contributed by atoms with Crippen LogP contribution in [0.1, 0.15) is 13.8 Å². The number of carbonyl (C=O) groups excluding carboxylic acids is 1. The molecule has 76 valence electrons. The van der Waals surface area contributed by atoms with E-state index in [-0.39, 0.29) is 11.8 Å². The zero-order valence-electron chi connectivity index (χ0n) is 7.50. The first kappa shape index (κ1) is 10.4. The monoisotopic (exact) mass is 209 g/mol. The molecule has 2 atom stereocenters. The second-order valence-corrected chi connectivity index (χ2v) is 5.08. The highest BCUT2D eigenvalue weighted by Crippen LogP contribution is 2.33. The smallest absolute Gasteiger partial charge is 0.303 e. The molecule has 0 aromatic rings. The van der Waals surface area contributed by atoms with Crippen LogP contribution in [0, 0.1) is 11.3 Å². The van der Waals surface area contributed by atoms with Crippen LogP contribution >= 0.6 is 0 Å². The van der Waals surface area contributed by atoms with Gasteiger partial charge in [-0.05, 0) is 12.8 Å². The minimum absolute atomic E-state index is 0.162. The summed E-state index contributed by atoms with van der Waals surface area (Å²) in [7, 11) is -4.59. The van der Waals surface area contributed by atoms with Gasteiger partial charge in [-0.15, -0.1) is 3.89 Å². The molecule has 0 aromatic heterocycles. The van der Waals surface area contributed by atoms with E-state index in [2.05, 4.69) is 5.32 Å². The van der Waals surface area contributed by atoms with Gasteiger partial charge in [-0.3, -0.25) is 4.79 Å². The molecule has 0 bridgehead atoms. The number of hydrogen-bond acceptors (Lipinski definition) is 3. The van der Waals surface area contributed by atoms with E-state index in [1.54, 1.807) is 6.92 Å². The number of rotatable bonds is 2. The van der Waals surface area contributed by atoms with Gasteiger partial charge in [0.2, 0.25) is 5.91 Å². The Morgan fingerprint density at radius 1 is 1.69 bits per heavy atom. The van der Waals surface area contributed by atoms with Crippen LogP contribution < -0.4 is 5.32 Å². The average Bonchev–Trinajstić information content (AvgIpc) is 2.14. The van der Waals surface area contributed by atoms with Gasteiger partial charge in [0.15, 0.2) is 0 Å². The summed E-state index contributed by atoms with van der Waals surface area (Å²) in [4.78, 5) is 11.2. The Hall–Kier alpha value is -0.650. The molecule has 1 N–H and O–H groups in total. The maximum absolute atomic E-state index is 12.4. The molecule has 1 amide bonds. The van der Waals surface area contributed by atoms with Gasteiger partial charge in [-0.25, -0.2) is 0 Å². The Morgan fingerprint density at radius 3 is 2.54 bits per heavy atom. The van der Waals surface area contributed by atoms with Gasteiger partial charge < -0.3 is 5.32 Å². The molecule has 1 heterocycles. The molecule has 13 heavy (non-hydrogen) atoms. The number of nitrogens with one attached hydrogen (secondary N) is 1. The van der Waals surface area contributed by atoms with Crippen LogP contribution in [-0.4, -0.2) is 26.6 Å². The van der Waals surface area contributed by atoms with Crippen molar-refractivity contribution in [2.24, 2.45) is 11.3 Å². The second kappa shape index (κ2) is 2.94. The highest BCUT2D eigenvalue weighted by atomic mass is 32.3. The first-order valence-electron chi connectivity index (χ1n) is 3.96. The fourth-order valence-corrected chi connectivity index (χ4v) is 2.59. The number of carbonyl (C=O) groups is 1. The molecular weight excluding hydrogens is 197 g/mol. The van der Waals surface area contributed by atoms with E-state index in [1.807, 2.05) is 0 Å². The molecule has 1 aliphatic heterocycles. The van der Waals surface area contributed by atoms with Crippen LogP contribution in [0.15, 0.2) is 0 Å². The summed E-state index contributed by atoms with van der Waals surface area (Å²) in [5.74, 6) is -1.28. The van der Waals surface area contributed by atoms with E-state index in [9.17, 15) is 17.1 Å². The highest BCUT2D eigenvalue weighted by Gasteiger charge is 2.47. The fraction of sp³-hybridized carbons (Fsp3) is 0.857. The Kier molecular flexibility index (Phi) is 2.36. The zero-order valence-corrected chi connectivity index (χ0v) is 8.32. The number of hydrogen-bond donors (Lipinski definition) is 1. The lowest BCUT2D eigenvalue weighted by atomic mass is 9.82. The molecule has 0 unspecified atom stereocenters. The van der Waals surface area contributed by atoms with Gasteiger partial charge in [0.05, 0.1) is 11.2 Å². The van der Waals surface area contributed by atoms with Crippen molar-refractivity contribution in [2.75, 3.05) is 12.3 Å². The number of halogens is 1. The Balaban J connectivity index is 2.92. The molecule has 0 aliphatic carbocycles. The quantitative estimate of drug-likeness (QED) is 0.654. The molecule has 0 spiro atoms. The van der Waals surface area contributed by atoms with Crippen molar-refractivity contribution >= 4 is 16.1 Å². The third-order valence-corrected chi connectivity index (χ3v) is 3.59. The van der Waals surface area contributed by atoms with Crippen LogP contribution in [0.25, 0.3) is 0 Å². The van der Waals surface area contributed by atoms with Crippen molar-refractivity contribution in [3.05, 3.63) is 0 Å². The summed E-state index contributed by atoms with van der Waals surface area (Å²) in [6.07, 6.45) is 0. The van der Waals surface area contributed by atoms with Gasteiger partial charge in [-0.1, -0.05) is 6.92 Å².